The van der Waals surface area contributed by atoms with Crippen LogP contribution in [0.4, 0.5) is 5.69 Å². The van der Waals surface area contributed by atoms with E-state index in [1.54, 1.807) is 24.3 Å². The minimum Gasteiger partial charge on any atom is -0.366 e. The molecule has 5 nitrogen and oxygen atoms in total. The third kappa shape index (κ3) is 6.16. The van der Waals surface area contributed by atoms with E-state index in [2.05, 4.69) is 62.6 Å². The lowest BCUT2D eigenvalue weighted by Gasteiger charge is -2.23. The first-order chi connectivity index (χ1) is 13.7. The van der Waals surface area contributed by atoms with Gasteiger partial charge < -0.3 is 16.4 Å². The largest absolute Gasteiger partial charge is 0.366 e. The zero-order chi connectivity index (χ0) is 21.6. The Bertz CT molecular complexity index is 813. The van der Waals surface area contributed by atoms with Crippen molar-refractivity contribution in [1.82, 2.24) is 0 Å². The van der Waals surface area contributed by atoms with Crippen LogP contribution in [0.2, 0.25) is 0 Å². The standard InChI is InChI=1S/C24H33N3O2/c1-6-16(4)18-7-9-19(10-8-18)22(15(2)3)26-17(5)24(29)27-21-13-11-20(12-14-21)23(25)28/h7-17,22,26H,6H2,1-5H3,(H2,25,28)(H,27,29)/p+1/t16-,17-,22+/m0/s1. The van der Waals surface area contributed by atoms with Crippen molar-refractivity contribution in [3.63, 3.8) is 0 Å². The van der Waals surface area contributed by atoms with Crippen LogP contribution in [0.25, 0.3) is 0 Å². The molecule has 0 bridgehead atoms. The minimum atomic E-state index is -0.483. The summed E-state index contributed by atoms with van der Waals surface area (Å²) in [6.07, 6.45) is 1.12. The van der Waals surface area contributed by atoms with Crippen LogP contribution in [0.5, 0.6) is 0 Å². The summed E-state index contributed by atoms with van der Waals surface area (Å²) in [6.45, 7) is 10.7. The fourth-order valence-corrected chi connectivity index (χ4v) is 3.37. The van der Waals surface area contributed by atoms with Crippen LogP contribution in [0.1, 0.15) is 74.5 Å². The molecule has 0 heterocycles. The molecule has 2 amide bonds. The van der Waals surface area contributed by atoms with Crippen molar-refractivity contribution >= 4 is 17.5 Å². The Balaban J connectivity index is 2.05. The van der Waals surface area contributed by atoms with Crippen molar-refractivity contribution in [1.29, 1.82) is 0 Å². The second-order valence-electron chi connectivity index (χ2n) is 8.16. The maximum absolute atomic E-state index is 12.7. The Morgan fingerprint density at radius 1 is 0.931 bits per heavy atom. The Kier molecular flexibility index (Phi) is 7.97. The number of carbonyl (C=O) groups excluding carboxylic acids is 2. The number of quaternary nitrogens is 1. The van der Waals surface area contributed by atoms with Gasteiger partial charge in [0, 0.05) is 22.7 Å². The molecular weight excluding hydrogens is 362 g/mol. The normalized spacial score (nSPS) is 14.3. The van der Waals surface area contributed by atoms with Crippen molar-refractivity contribution in [2.24, 2.45) is 11.7 Å². The van der Waals surface area contributed by atoms with Crippen LogP contribution in [-0.4, -0.2) is 17.9 Å². The summed E-state index contributed by atoms with van der Waals surface area (Å²) in [5.74, 6) is 0.383. The molecule has 156 valence electrons. The first-order valence-corrected chi connectivity index (χ1v) is 10.4. The molecule has 5 heteroatoms. The van der Waals surface area contributed by atoms with E-state index in [0.29, 0.717) is 23.1 Å². The lowest BCUT2D eigenvalue weighted by Crippen LogP contribution is -2.93. The van der Waals surface area contributed by atoms with Gasteiger partial charge in [-0.05, 0) is 49.1 Å². The van der Waals surface area contributed by atoms with Crippen LogP contribution < -0.4 is 16.4 Å². The van der Waals surface area contributed by atoms with Crippen molar-refractivity contribution < 1.29 is 14.9 Å². The Morgan fingerprint density at radius 2 is 1.48 bits per heavy atom. The number of hydrogen-bond acceptors (Lipinski definition) is 2. The molecule has 0 radical (unpaired) electrons. The van der Waals surface area contributed by atoms with Crippen LogP contribution in [0.15, 0.2) is 48.5 Å². The molecule has 29 heavy (non-hydrogen) atoms. The second kappa shape index (κ2) is 10.2. The predicted octanol–water partition coefficient (Wildman–Crippen LogP) is 3.59. The SMILES string of the molecule is CC[C@H](C)c1ccc([C@H]([NH2+][C@@H](C)C(=O)Nc2ccc(C(N)=O)cc2)C(C)C)cc1. The number of hydrogen-bond donors (Lipinski definition) is 3. The van der Waals surface area contributed by atoms with Crippen LogP contribution >= 0.6 is 0 Å². The molecule has 0 aliphatic rings. The van der Waals surface area contributed by atoms with Crippen molar-refractivity contribution in [2.75, 3.05) is 5.32 Å². The smallest absolute Gasteiger partial charge is 0.282 e. The van der Waals surface area contributed by atoms with E-state index in [0.717, 1.165) is 6.42 Å². The number of nitrogens with two attached hydrogens (primary N) is 2. The third-order valence-electron chi connectivity index (χ3n) is 5.57. The van der Waals surface area contributed by atoms with Gasteiger partial charge in [0.1, 0.15) is 6.04 Å². The molecule has 0 aliphatic heterocycles. The molecule has 5 N–H and O–H groups in total. The summed E-state index contributed by atoms with van der Waals surface area (Å²) in [7, 11) is 0. The molecule has 0 unspecified atom stereocenters. The Morgan fingerprint density at radius 3 is 1.97 bits per heavy atom. The van der Waals surface area contributed by atoms with Gasteiger partial charge in [-0.25, -0.2) is 0 Å². The third-order valence-corrected chi connectivity index (χ3v) is 5.57. The summed E-state index contributed by atoms with van der Waals surface area (Å²) >= 11 is 0. The quantitative estimate of drug-likeness (QED) is 0.605. The summed E-state index contributed by atoms with van der Waals surface area (Å²) < 4.78 is 0. The number of amides is 2. The average Bonchev–Trinajstić information content (AvgIpc) is 2.71. The number of primary amides is 1. The highest BCUT2D eigenvalue weighted by Crippen LogP contribution is 2.23. The molecular formula is C24H34N3O2+. The van der Waals surface area contributed by atoms with Gasteiger partial charge in [0.15, 0.2) is 6.04 Å². The summed E-state index contributed by atoms with van der Waals surface area (Å²) in [6, 6.07) is 15.3. The molecule has 0 spiro atoms. The topological polar surface area (TPSA) is 88.8 Å². The zero-order valence-electron chi connectivity index (χ0n) is 18.1. The first kappa shape index (κ1) is 22.6. The van der Waals surface area contributed by atoms with E-state index < -0.39 is 5.91 Å². The van der Waals surface area contributed by atoms with Crippen LogP contribution in [0, 0.1) is 5.92 Å². The average molecular weight is 397 g/mol. The molecule has 0 fully saturated rings. The zero-order valence-corrected chi connectivity index (χ0v) is 18.1. The molecule has 0 aliphatic carbocycles. The highest BCUT2D eigenvalue weighted by molar-refractivity contribution is 5.95. The van der Waals surface area contributed by atoms with E-state index >= 15 is 0 Å². The van der Waals surface area contributed by atoms with Crippen LogP contribution in [-0.2, 0) is 4.79 Å². The van der Waals surface area contributed by atoms with E-state index in [4.69, 9.17) is 5.73 Å². The molecule has 3 atom stereocenters. The number of carbonyl (C=O) groups is 2. The first-order valence-electron chi connectivity index (χ1n) is 10.4. The molecule has 0 saturated carbocycles. The summed E-state index contributed by atoms with van der Waals surface area (Å²) in [5.41, 5.74) is 8.91. The van der Waals surface area contributed by atoms with Crippen molar-refractivity contribution in [3.8, 4) is 0 Å². The number of nitrogens with one attached hydrogen (secondary N) is 1. The van der Waals surface area contributed by atoms with Gasteiger partial charge in [-0.1, -0.05) is 52.0 Å². The molecule has 2 aromatic carbocycles. The van der Waals surface area contributed by atoms with Gasteiger partial charge in [-0.2, -0.15) is 0 Å². The van der Waals surface area contributed by atoms with Crippen LogP contribution in [0.3, 0.4) is 0 Å². The maximum Gasteiger partial charge on any atom is 0.282 e. The minimum absolute atomic E-state index is 0.0706. The number of anilines is 1. The van der Waals surface area contributed by atoms with Gasteiger partial charge >= 0.3 is 0 Å². The van der Waals surface area contributed by atoms with Gasteiger partial charge in [0.25, 0.3) is 5.91 Å². The van der Waals surface area contributed by atoms with Gasteiger partial charge in [-0.15, -0.1) is 0 Å². The van der Waals surface area contributed by atoms with Gasteiger partial charge in [-0.3, -0.25) is 9.59 Å². The second-order valence-corrected chi connectivity index (χ2v) is 8.16. The fourth-order valence-electron chi connectivity index (χ4n) is 3.37. The molecule has 0 aromatic heterocycles. The monoisotopic (exact) mass is 396 g/mol. The molecule has 2 aromatic rings. The fraction of sp³-hybridized carbons (Fsp3) is 0.417. The van der Waals surface area contributed by atoms with Gasteiger partial charge in [0.2, 0.25) is 5.91 Å². The summed E-state index contributed by atoms with van der Waals surface area (Å²) in [4.78, 5) is 23.8. The molecule has 2 rings (SSSR count). The van der Waals surface area contributed by atoms with E-state index in [-0.39, 0.29) is 18.0 Å². The number of benzene rings is 2. The lowest BCUT2D eigenvalue weighted by atomic mass is 9.91. The number of rotatable bonds is 9. The maximum atomic E-state index is 12.7. The van der Waals surface area contributed by atoms with E-state index in [1.165, 1.54) is 11.1 Å². The highest BCUT2D eigenvalue weighted by Gasteiger charge is 2.26. The van der Waals surface area contributed by atoms with Crippen molar-refractivity contribution in [3.05, 3.63) is 65.2 Å². The summed E-state index contributed by atoms with van der Waals surface area (Å²) in [5, 5.41) is 5.03. The lowest BCUT2D eigenvalue weighted by molar-refractivity contribution is -0.718. The molecule has 0 saturated heterocycles. The van der Waals surface area contributed by atoms with Crippen molar-refractivity contribution in [2.45, 2.75) is 59.0 Å². The Hall–Kier alpha value is -2.66. The van der Waals surface area contributed by atoms with E-state index in [9.17, 15) is 9.59 Å². The highest BCUT2D eigenvalue weighted by atomic mass is 16.2. The Labute approximate surface area is 174 Å². The predicted molar refractivity (Wildman–Crippen MR) is 118 cm³/mol. The van der Waals surface area contributed by atoms with E-state index in [1.807, 2.05) is 6.92 Å². The van der Waals surface area contributed by atoms with Gasteiger partial charge in [0.05, 0.1) is 0 Å².